The summed E-state index contributed by atoms with van der Waals surface area (Å²) in [5, 5.41) is 2.28. The Bertz CT molecular complexity index is 609. The highest BCUT2D eigenvalue weighted by molar-refractivity contribution is 6.01. The first-order chi connectivity index (χ1) is 9.15. The van der Waals surface area contributed by atoms with Gasteiger partial charge in [-0.2, -0.15) is 0 Å². The SMILES string of the molecule is O=C(C=Cc1ccccc1)Nc1cc(F)ccc1F. The average molecular weight is 259 g/mol. The van der Waals surface area contributed by atoms with Crippen molar-refractivity contribution in [3.8, 4) is 0 Å². The van der Waals surface area contributed by atoms with Gasteiger partial charge in [0.05, 0.1) is 5.69 Å². The van der Waals surface area contributed by atoms with Gasteiger partial charge in [-0.15, -0.1) is 0 Å². The molecule has 0 saturated heterocycles. The minimum absolute atomic E-state index is 0.178. The van der Waals surface area contributed by atoms with Crippen molar-refractivity contribution in [2.24, 2.45) is 0 Å². The Morgan fingerprint density at radius 2 is 1.79 bits per heavy atom. The summed E-state index contributed by atoms with van der Waals surface area (Å²) in [4.78, 5) is 11.6. The Kier molecular flexibility index (Phi) is 4.03. The number of nitrogens with one attached hydrogen (secondary N) is 1. The van der Waals surface area contributed by atoms with Gasteiger partial charge in [-0.3, -0.25) is 4.79 Å². The molecule has 0 atom stereocenters. The molecule has 0 spiro atoms. The zero-order valence-electron chi connectivity index (χ0n) is 9.94. The van der Waals surface area contributed by atoms with Gasteiger partial charge < -0.3 is 5.32 Å². The fraction of sp³-hybridized carbons (Fsp3) is 0. The highest BCUT2D eigenvalue weighted by atomic mass is 19.1. The van der Waals surface area contributed by atoms with E-state index in [4.69, 9.17) is 0 Å². The van der Waals surface area contributed by atoms with Gasteiger partial charge in [0, 0.05) is 12.1 Å². The van der Waals surface area contributed by atoms with E-state index in [0.717, 1.165) is 23.8 Å². The molecule has 0 bridgehead atoms. The van der Waals surface area contributed by atoms with Crippen LogP contribution < -0.4 is 5.32 Å². The van der Waals surface area contributed by atoms with Gasteiger partial charge >= 0.3 is 0 Å². The lowest BCUT2D eigenvalue weighted by Crippen LogP contribution is -2.09. The molecule has 1 amide bonds. The molecular weight excluding hydrogens is 248 g/mol. The minimum atomic E-state index is -0.678. The number of amides is 1. The third kappa shape index (κ3) is 3.74. The number of halogens is 2. The van der Waals surface area contributed by atoms with Crippen LogP contribution in [0.4, 0.5) is 14.5 Å². The van der Waals surface area contributed by atoms with E-state index in [2.05, 4.69) is 5.32 Å². The second-order valence-corrected chi connectivity index (χ2v) is 3.86. The number of carbonyl (C=O) groups excluding carboxylic acids is 1. The largest absolute Gasteiger partial charge is 0.320 e. The van der Waals surface area contributed by atoms with Crippen molar-refractivity contribution in [2.75, 3.05) is 5.32 Å². The lowest BCUT2D eigenvalue weighted by molar-refractivity contribution is -0.111. The van der Waals surface area contributed by atoms with Crippen molar-refractivity contribution >= 4 is 17.7 Å². The van der Waals surface area contributed by atoms with Gasteiger partial charge in [0.2, 0.25) is 5.91 Å². The van der Waals surface area contributed by atoms with Crippen molar-refractivity contribution in [1.29, 1.82) is 0 Å². The van der Waals surface area contributed by atoms with Crippen LogP contribution in [0.1, 0.15) is 5.56 Å². The van der Waals surface area contributed by atoms with E-state index in [-0.39, 0.29) is 5.69 Å². The molecule has 0 unspecified atom stereocenters. The zero-order chi connectivity index (χ0) is 13.7. The summed E-state index contributed by atoms with van der Waals surface area (Å²) in [7, 11) is 0. The predicted octanol–water partition coefficient (Wildman–Crippen LogP) is 3.62. The molecule has 0 aliphatic heterocycles. The molecular formula is C15H11F2NO. The molecule has 2 aromatic rings. The summed E-state index contributed by atoms with van der Waals surface area (Å²) in [5.74, 6) is -1.81. The van der Waals surface area contributed by atoms with Crippen molar-refractivity contribution in [2.45, 2.75) is 0 Å². The van der Waals surface area contributed by atoms with Gasteiger partial charge in [0.15, 0.2) is 0 Å². The molecule has 2 nitrogen and oxygen atoms in total. The van der Waals surface area contributed by atoms with Gasteiger partial charge in [0.1, 0.15) is 11.6 Å². The van der Waals surface area contributed by atoms with E-state index in [0.29, 0.717) is 0 Å². The van der Waals surface area contributed by atoms with Crippen LogP contribution in [0.2, 0.25) is 0 Å². The Hall–Kier alpha value is -2.49. The summed E-state index contributed by atoms with van der Waals surface area (Å²) in [6.45, 7) is 0. The summed E-state index contributed by atoms with van der Waals surface area (Å²) < 4.78 is 26.2. The topological polar surface area (TPSA) is 29.1 Å². The first-order valence-electron chi connectivity index (χ1n) is 5.64. The quantitative estimate of drug-likeness (QED) is 0.838. The smallest absolute Gasteiger partial charge is 0.248 e. The van der Waals surface area contributed by atoms with Crippen LogP contribution >= 0.6 is 0 Å². The molecule has 96 valence electrons. The Morgan fingerprint density at radius 1 is 1.05 bits per heavy atom. The first-order valence-corrected chi connectivity index (χ1v) is 5.64. The molecule has 0 aliphatic rings. The fourth-order valence-electron chi connectivity index (χ4n) is 1.50. The van der Waals surface area contributed by atoms with Crippen LogP contribution in [0.15, 0.2) is 54.6 Å². The molecule has 0 heterocycles. The third-order valence-electron chi connectivity index (χ3n) is 2.41. The average Bonchev–Trinajstić information content (AvgIpc) is 2.42. The minimum Gasteiger partial charge on any atom is -0.320 e. The van der Waals surface area contributed by atoms with Crippen LogP contribution in [-0.4, -0.2) is 5.91 Å². The maximum absolute atomic E-state index is 13.3. The third-order valence-corrected chi connectivity index (χ3v) is 2.41. The molecule has 0 fully saturated rings. The number of benzene rings is 2. The van der Waals surface area contributed by atoms with Crippen molar-refractivity contribution < 1.29 is 13.6 Å². The van der Waals surface area contributed by atoms with E-state index in [1.807, 2.05) is 30.3 Å². The van der Waals surface area contributed by atoms with Crippen molar-refractivity contribution in [1.82, 2.24) is 0 Å². The monoisotopic (exact) mass is 259 g/mol. The number of rotatable bonds is 3. The number of hydrogen-bond acceptors (Lipinski definition) is 1. The van der Waals surface area contributed by atoms with Gasteiger partial charge in [-0.25, -0.2) is 8.78 Å². The van der Waals surface area contributed by atoms with E-state index >= 15 is 0 Å². The molecule has 0 radical (unpaired) electrons. The molecule has 2 rings (SSSR count). The fourth-order valence-corrected chi connectivity index (χ4v) is 1.50. The molecule has 0 aromatic heterocycles. The van der Waals surface area contributed by atoms with Crippen LogP contribution in [-0.2, 0) is 4.79 Å². The van der Waals surface area contributed by atoms with E-state index in [9.17, 15) is 13.6 Å². The molecule has 2 aromatic carbocycles. The summed E-state index contributed by atoms with van der Waals surface area (Å²) in [6, 6.07) is 12.1. The number of carbonyl (C=O) groups is 1. The van der Waals surface area contributed by atoms with Crippen LogP contribution in [0.25, 0.3) is 6.08 Å². The number of hydrogen-bond donors (Lipinski definition) is 1. The standard InChI is InChI=1S/C15H11F2NO/c16-12-7-8-13(17)14(10-12)18-15(19)9-6-11-4-2-1-3-5-11/h1-10H,(H,18,19). The van der Waals surface area contributed by atoms with Crippen LogP contribution in [0, 0.1) is 11.6 Å². The van der Waals surface area contributed by atoms with E-state index in [1.54, 1.807) is 6.08 Å². The van der Waals surface area contributed by atoms with Gasteiger partial charge in [-0.05, 0) is 23.8 Å². The Labute approximate surface area is 109 Å². The van der Waals surface area contributed by atoms with E-state index in [1.165, 1.54) is 6.08 Å². The highest BCUT2D eigenvalue weighted by Crippen LogP contribution is 2.15. The molecule has 19 heavy (non-hydrogen) atoms. The molecule has 4 heteroatoms. The highest BCUT2D eigenvalue weighted by Gasteiger charge is 2.05. The van der Waals surface area contributed by atoms with Crippen LogP contribution in [0.3, 0.4) is 0 Å². The summed E-state index contributed by atoms with van der Waals surface area (Å²) in [5.41, 5.74) is 0.667. The Balaban J connectivity index is 2.06. The number of anilines is 1. The molecule has 0 saturated carbocycles. The maximum Gasteiger partial charge on any atom is 0.248 e. The van der Waals surface area contributed by atoms with Crippen molar-refractivity contribution in [3.05, 3.63) is 71.8 Å². The Morgan fingerprint density at radius 3 is 2.53 bits per heavy atom. The lowest BCUT2D eigenvalue weighted by Gasteiger charge is -2.03. The zero-order valence-corrected chi connectivity index (χ0v) is 9.94. The maximum atomic E-state index is 13.3. The lowest BCUT2D eigenvalue weighted by atomic mass is 10.2. The van der Waals surface area contributed by atoms with Gasteiger partial charge in [-0.1, -0.05) is 30.3 Å². The summed E-state index contributed by atoms with van der Waals surface area (Å²) >= 11 is 0. The van der Waals surface area contributed by atoms with Crippen LogP contribution in [0.5, 0.6) is 0 Å². The first kappa shape index (κ1) is 13.0. The normalized spacial score (nSPS) is 10.6. The van der Waals surface area contributed by atoms with Crippen molar-refractivity contribution in [3.63, 3.8) is 0 Å². The summed E-state index contributed by atoms with van der Waals surface area (Å²) in [6.07, 6.45) is 2.85. The predicted molar refractivity (Wildman–Crippen MR) is 70.5 cm³/mol. The second-order valence-electron chi connectivity index (χ2n) is 3.86. The van der Waals surface area contributed by atoms with E-state index < -0.39 is 17.5 Å². The molecule has 0 aliphatic carbocycles. The van der Waals surface area contributed by atoms with Gasteiger partial charge in [0.25, 0.3) is 0 Å². The molecule has 1 N–H and O–H groups in total. The second kappa shape index (κ2) is 5.91.